The van der Waals surface area contributed by atoms with E-state index in [9.17, 15) is 4.79 Å². The predicted molar refractivity (Wildman–Crippen MR) is 73.5 cm³/mol. The molecule has 2 rings (SSSR count). The Labute approximate surface area is 117 Å². The second-order valence-corrected chi connectivity index (χ2v) is 5.68. The van der Waals surface area contributed by atoms with Crippen molar-refractivity contribution < 1.29 is 9.53 Å². The van der Waals surface area contributed by atoms with Gasteiger partial charge in [-0.1, -0.05) is 36.2 Å². The fraction of sp³-hybridized carbons (Fsp3) is 0.500. The van der Waals surface area contributed by atoms with E-state index >= 15 is 0 Å². The highest BCUT2D eigenvalue weighted by Crippen LogP contribution is 2.37. The van der Waals surface area contributed by atoms with Gasteiger partial charge in [0.2, 0.25) is 0 Å². The van der Waals surface area contributed by atoms with Crippen molar-refractivity contribution in [3.8, 4) is 0 Å². The van der Waals surface area contributed by atoms with Crippen molar-refractivity contribution in [2.45, 2.75) is 33.0 Å². The first kappa shape index (κ1) is 13.9. The number of carbonyl (C=O) groups excluding carboxylic acids is 1. The predicted octanol–water partition coefficient (Wildman–Crippen LogP) is 4.24. The molecule has 1 aromatic carbocycles. The minimum Gasteiger partial charge on any atom is -0.374 e. The van der Waals surface area contributed by atoms with Crippen molar-refractivity contribution in [2.75, 3.05) is 0 Å². The van der Waals surface area contributed by atoms with Crippen LogP contribution in [0, 0.1) is 11.8 Å². The zero-order valence-corrected chi connectivity index (χ0v) is 12.1. The molecular formula is C14H16Cl2O2. The Morgan fingerprint density at radius 3 is 2.39 bits per heavy atom. The molecule has 1 aromatic rings. The van der Waals surface area contributed by atoms with Gasteiger partial charge in [0.15, 0.2) is 5.78 Å². The number of Topliss-reactive ketones (excluding diaryl/α,β-unsaturated/α-hetero) is 1. The van der Waals surface area contributed by atoms with E-state index < -0.39 is 0 Å². The third kappa shape index (κ3) is 2.29. The topological polar surface area (TPSA) is 26.3 Å². The number of hydrogen-bond donors (Lipinski definition) is 0. The molecule has 0 bridgehead atoms. The van der Waals surface area contributed by atoms with Gasteiger partial charge in [0.1, 0.15) is 0 Å². The van der Waals surface area contributed by atoms with Crippen LogP contribution in [0.4, 0.5) is 0 Å². The minimum absolute atomic E-state index is 0.0202. The van der Waals surface area contributed by atoms with E-state index in [1.807, 2.05) is 20.8 Å². The van der Waals surface area contributed by atoms with E-state index in [1.165, 1.54) is 0 Å². The molecule has 0 amide bonds. The lowest BCUT2D eigenvalue weighted by molar-refractivity contribution is 0.0491. The summed E-state index contributed by atoms with van der Waals surface area (Å²) in [6, 6.07) is 5.15. The molecule has 1 aliphatic heterocycles. The van der Waals surface area contributed by atoms with Gasteiger partial charge in [-0.05, 0) is 31.9 Å². The molecule has 2 nitrogen and oxygen atoms in total. The number of halogens is 2. The molecule has 1 saturated heterocycles. The summed E-state index contributed by atoms with van der Waals surface area (Å²) >= 11 is 12.1. The third-order valence-corrected chi connectivity index (χ3v) is 4.58. The van der Waals surface area contributed by atoms with Crippen LogP contribution in [0.2, 0.25) is 10.0 Å². The SMILES string of the molecule is CC1OC(C)C(C(=O)c2cccc(Cl)c2Cl)C1C. The zero-order valence-electron chi connectivity index (χ0n) is 10.6. The van der Waals surface area contributed by atoms with Crippen LogP contribution >= 0.6 is 23.2 Å². The lowest BCUT2D eigenvalue weighted by Crippen LogP contribution is -2.27. The van der Waals surface area contributed by atoms with Crippen molar-refractivity contribution in [1.29, 1.82) is 0 Å². The summed E-state index contributed by atoms with van der Waals surface area (Å²) in [4.78, 5) is 12.6. The molecule has 1 aliphatic rings. The molecule has 1 fully saturated rings. The van der Waals surface area contributed by atoms with Crippen LogP contribution in [0.1, 0.15) is 31.1 Å². The molecule has 0 spiro atoms. The van der Waals surface area contributed by atoms with Gasteiger partial charge in [0, 0.05) is 5.56 Å². The Hall–Kier alpha value is -0.570. The van der Waals surface area contributed by atoms with Crippen molar-refractivity contribution in [1.82, 2.24) is 0 Å². The van der Waals surface area contributed by atoms with Crippen LogP contribution in [-0.4, -0.2) is 18.0 Å². The number of ketones is 1. The second-order valence-electron chi connectivity index (χ2n) is 4.90. The Morgan fingerprint density at radius 2 is 1.83 bits per heavy atom. The largest absolute Gasteiger partial charge is 0.374 e. The van der Waals surface area contributed by atoms with Crippen molar-refractivity contribution in [2.24, 2.45) is 11.8 Å². The number of carbonyl (C=O) groups is 1. The first-order valence-corrected chi connectivity index (χ1v) is 6.82. The smallest absolute Gasteiger partial charge is 0.170 e. The molecule has 0 aromatic heterocycles. The summed E-state index contributed by atoms with van der Waals surface area (Å²) in [5.41, 5.74) is 0.491. The minimum atomic E-state index is -0.157. The molecule has 0 N–H and O–H groups in total. The summed E-state index contributed by atoms with van der Waals surface area (Å²) in [6.45, 7) is 5.96. The Balaban J connectivity index is 2.34. The van der Waals surface area contributed by atoms with Crippen LogP contribution < -0.4 is 0 Å². The summed E-state index contributed by atoms with van der Waals surface area (Å²) in [6.07, 6.45) is 0.00413. The molecule has 0 saturated carbocycles. The van der Waals surface area contributed by atoms with Crippen molar-refractivity contribution in [3.63, 3.8) is 0 Å². The lowest BCUT2D eigenvalue weighted by Gasteiger charge is -2.18. The van der Waals surface area contributed by atoms with E-state index in [4.69, 9.17) is 27.9 Å². The molecule has 1 heterocycles. The Bertz CT molecular complexity index is 473. The number of ether oxygens (including phenoxy) is 1. The summed E-state index contributed by atoms with van der Waals surface area (Å²) in [5, 5.41) is 0.748. The standard InChI is InChI=1S/C14H16Cl2O2/c1-7-8(2)18-9(3)12(7)14(17)10-5-4-6-11(15)13(10)16/h4-9,12H,1-3H3. The number of benzene rings is 1. The quantitative estimate of drug-likeness (QED) is 0.761. The highest BCUT2D eigenvalue weighted by molar-refractivity contribution is 6.44. The van der Waals surface area contributed by atoms with Gasteiger partial charge in [0.25, 0.3) is 0 Å². The molecule has 4 unspecified atom stereocenters. The zero-order chi connectivity index (χ0) is 13.4. The first-order chi connectivity index (χ1) is 8.43. The van der Waals surface area contributed by atoms with E-state index in [2.05, 4.69) is 0 Å². The molecule has 0 aliphatic carbocycles. The van der Waals surface area contributed by atoms with E-state index in [1.54, 1.807) is 18.2 Å². The molecule has 4 atom stereocenters. The van der Waals surface area contributed by atoms with Gasteiger partial charge < -0.3 is 4.74 Å². The maximum atomic E-state index is 12.6. The van der Waals surface area contributed by atoms with Gasteiger partial charge in [-0.25, -0.2) is 0 Å². The molecular weight excluding hydrogens is 271 g/mol. The Morgan fingerprint density at radius 1 is 1.17 bits per heavy atom. The third-order valence-electron chi connectivity index (χ3n) is 3.76. The van der Waals surface area contributed by atoms with E-state index in [0.29, 0.717) is 15.6 Å². The second kappa shape index (κ2) is 5.20. The van der Waals surface area contributed by atoms with Crippen LogP contribution in [0.15, 0.2) is 18.2 Å². The summed E-state index contributed by atoms with van der Waals surface area (Å²) in [7, 11) is 0. The molecule has 0 radical (unpaired) electrons. The Kier molecular flexibility index (Phi) is 4.00. The normalized spacial score (nSPS) is 31.6. The summed E-state index contributed by atoms with van der Waals surface area (Å²) < 4.78 is 5.70. The van der Waals surface area contributed by atoms with Gasteiger partial charge in [-0.15, -0.1) is 0 Å². The van der Waals surface area contributed by atoms with Crippen LogP contribution in [0.5, 0.6) is 0 Å². The fourth-order valence-electron chi connectivity index (χ4n) is 2.59. The molecule has 18 heavy (non-hydrogen) atoms. The highest BCUT2D eigenvalue weighted by Gasteiger charge is 2.42. The van der Waals surface area contributed by atoms with Crippen LogP contribution in [0.3, 0.4) is 0 Å². The average molecular weight is 287 g/mol. The molecule has 4 heteroatoms. The van der Waals surface area contributed by atoms with Gasteiger partial charge in [0.05, 0.1) is 28.2 Å². The maximum Gasteiger partial charge on any atom is 0.170 e. The maximum absolute atomic E-state index is 12.6. The number of rotatable bonds is 2. The lowest BCUT2D eigenvalue weighted by atomic mass is 9.83. The van der Waals surface area contributed by atoms with Crippen LogP contribution in [-0.2, 0) is 4.74 Å². The van der Waals surface area contributed by atoms with E-state index in [0.717, 1.165) is 0 Å². The van der Waals surface area contributed by atoms with Gasteiger partial charge >= 0.3 is 0 Å². The van der Waals surface area contributed by atoms with Crippen molar-refractivity contribution in [3.05, 3.63) is 33.8 Å². The average Bonchev–Trinajstić information content (AvgIpc) is 2.56. The van der Waals surface area contributed by atoms with Crippen molar-refractivity contribution >= 4 is 29.0 Å². The van der Waals surface area contributed by atoms with Gasteiger partial charge in [-0.2, -0.15) is 0 Å². The van der Waals surface area contributed by atoms with Gasteiger partial charge in [-0.3, -0.25) is 4.79 Å². The first-order valence-electron chi connectivity index (χ1n) is 6.07. The van der Waals surface area contributed by atoms with Crippen LogP contribution in [0.25, 0.3) is 0 Å². The number of hydrogen-bond acceptors (Lipinski definition) is 2. The fourth-order valence-corrected chi connectivity index (χ4v) is 2.99. The molecule has 98 valence electrons. The van der Waals surface area contributed by atoms with E-state index in [-0.39, 0.29) is 29.8 Å². The highest BCUT2D eigenvalue weighted by atomic mass is 35.5. The summed E-state index contributed by atoms with van der Waals surface area (Å²) in [5.74, 6) is 0.0466. The monoisotopic (exact) mass is 286 g/mol.